The van der Waals surface area contributed by atoms with Crippen molar-refractivity contribution in [2.24, 2.45) is 0 Å². The van der Waals surface area contributed by atoms with Crippen molar-refractivity contribution < 1.29 is 10.0 Å². The molecule has 2 rings (SSSR count). The summed E-state index contributed by atoms with van der Waals surface area (Å²) < 4.78 is 0. The van der Waals surface area contributed by atoms with Crippen molar-refractivity contribution >= 4 is 30.8 Å². The molecule has 0 atom stereocenters. The van der Waals surface area contributed by atoms with Gasteiger partial charge in [-0.25, -0.2) is 4.98 Å². The molecule has 0 saturated carbocycles. The molecule has 7 heteroatoms. The molecule has 0 aliphatic carbocycles. The van der Waals surface area contributed by atoms with E-state index in [1.54, 1.807) is 12.3 Å². The zero-order chi connectivity index (χ0) is 13.1. The molecule has 1 aromatic heterocycles. The number of likely N-dealkylation sites (N-methyl/N-ethyl adjacent to an activating group) is 1. The molecule has 0 amide bonds. The fourth-order valence-electron chi connectivity index (χ4n) is 2.31. The molecule has 0 radical (unpaired) electrons. The predicted molar refractivity (Wildman–Crippen MR) is 80.4 cm³/mol. The fourth-order valence-corrected chi connectivity index (χ4v) is 2.31. The molecular weight excluding hydrogens is 264 g/mol. The number of aromatic nitrogens is 1. The third-order valence-corrected chi connectivity index (χ3v) is 3.43. The van der Waals surface area contributed by atoms with Crippen molar-refractivity contribution in [1.82, 2.24) is 9.88 Å². The Labute approximate surface area is 120 Å². The van der Waals surface area contributed by atoms with Gasteiger partial charge in [-0.05, 0) is 19.0 Å². The van der Waals surface area contributed by atoms with Crippen LogP contribution in [-0.4, -0.2) is 59.8 Å². The summed E-state index contributed by atoms with van der Waals surface area (Å²) in [5.41, 5.74) is 1.44. The molecule has 106 valence electrons. The van der Waals surface area contributed by atoms with Crippen LogP contribution in [0.3, 0.4) is 0 Å². The SMILES string of the molecule is CCN1CCN(c2ncc(C)cc2B(O)O)CC1.Cl. The van der Waals surface area contributed by atoms with E-state index >= 15 is 0 Å². The largest absolute Gasteiger partial charge is 0.492 e. The highest BCUT2D eigenvalue weighted by Gasteiger charge is 2.24. The van der Waals surface area contributed by atoms with E-state index in [0.29, 0.717) is 11.3 Å². The lowest BCUT2D eigenvalue weighted by atomic mass is 9.79. The molecule has 2 heterocycles. The number of anilines is 1. The van der Waals surface area contributed by atoms with Gasteiger partial charge < -0.3 is 19.8 Å². The van der Waals surface area contributed by atoms with Gasteiger partial charge in [0.2, 0.25) is 0 Å². The third kappa shape index (κ3) is 3.83. The van der Waals surface area contributed by atoms with Crippen molar-refractivity contribution in [1.29, 1.82) is 0 Å². The second-order valence-electron chi connectivity index (χ2n) is 4.72. The highest BCUT2D eigenvalue weighted by molar-refractivity contribution is 6.60. The van der Waals surface area contributed by atoms with Crippen molar-refractivity contribution in [2.45, 2.75) is 13.8 Å². The van der Waals surface area contributed by atoms with Gasteiger partial charge in [0.1, 0.15) is 5.82 Å². The van der Waals surface area contributed by atoms with Gasteiger partial charge in [-0.2, -0.15) is 0 Å². The Kier molecular flexibility index (Phi) is 6.07. The van der Waals surface area contributed by atoms with Crippen LogP contribution in [0.1, 0.15) is 12.5 Å². The van der Waals surface area contributed by atoms with E-state index in [2.05, 4.69) is 21.7 Å². The maximum atomic E-state index is 9.44. The highest BCUT2D eigenvalue weighted by Crippen LogP contribution is 2.12. The number of halogens is 1. The average Bonchev–Trinajstić information content (AvgIpc) is 2.39. The Balaban J connectivity index is 0.00000180. The second-order valence-corrected chi connectivity index (χ2v) is 4.72. The predicted octanol–water partition coefficient (Wildman–Crippen LogP) is -0.366. The van der Waals surface area contributed by atoms with Crippen LogP contribution in [0.4, 0.5) is 5.82 Å². The first-order chi connectivity index (χ1) is 8.61. The maximum absolute atomic E-state index is 9.44. The van der Waals surface area contributed by atoms with E-state index in [-0.39, 0.29) is 12.4 Å². The minimum Gasteiger partial charge on any atom is -0.423 e. The van der Waals surface area contributed by atoms with Crippen molar-refractivity contribution in [2.75, 3.05) is 37.6 Å². The highest BCUT2D eigenvalue weighted by atomic mass is 35.5. The zero-order valence-electron chi connectivity index (χ0n) is 11.4. The van der Waals surface area contributed by atoms with E-state index in [1.165, 1.54) is 0 Å². The molecule has 5 nitrogen and oxygen atoms in total. The van der Waals surface area contributed by atoms with Crippen LogP contribution >= 0.6 is 12.4 Å². The summed E-state index contributed by atoms with van der Waals surface area (Å²) in [6.07, 6.45) is 1.77. The van der Waals surface area contributed by atoms with E-state index in [4.69, 9.17) is 0 Å². The Morgan fingerprint density at radius 3 is 2.42 bits per heavy atom. The summed E-state index contributed by atoms with van der Waals surface area (Å²) in [5.74, 6) is 0.700. The second kappa shape index (κ2) is 7.10. The summed E-state index contributed by atoms with van der Waals surface area (Å²) in [6.45, 7) is 8.86. The lowest BCUT2D eigenvalue weighted by Gasteiger charge is -2.35. The molecular formula is C12H21BClN3O2. The van der Waals surface area contributed by atoms with Gasteiger partial charge in [0, 0.05) is 37.8 Å². The van der Waals surface area contributed by atoms with E-state index in [1.807, 2.05) is 6.92 Å². The number of piperazine rings is 1. The summed E-state index contributed by atoms with van der Waals surface area (Å²) in [7, 11) is -1.46. The zero-order valence-corrected chi connectivity index (χ0v) is 12.2. The van der Waals surface area contributed by atoms with Crippen LogP contribution < -0.4 is 10.4 Å². The summed E-state index contributed by atoms with van der Waals surface area (Å²) in [6, 6.07) is 1.79. The van der Waals surface area contributed by atoms with Crippen LogP contribution in [-0.2, 0) is 0 Å². The Morgan fingerprint density at radius 1 is 1.26 bits per heavy atom. The fraction of sp³-hybridized carbons (Fsp3) is 0.583. The first-order valence-corrected chi connectivity index (χ1v) is 6.41. The Morgan fingerprint density at radius 2 is 1.89 bits per heavy atom. The molecule has 1 saturated heterocycles. The Bertz CT molecular complexity index is 412. The number of pyridine rings is 1. The van der Waals surface area contributed by atoms with E-state index < -0.39 is 7.12 Å². The minimum absolute atomic E-state index is 0. The van der Waals surface area contributed by atoms with Crippen LogP contribution in [0.15, 0.2) is 12.3 Å². The van der Waals surface area contributed by atoms with Crippen LogP contribution in [0.25, 0.3) is 0 Å². The van der Waals surface area contributed by atoms with Gasteiger partial charge in [-0.1, -0.05) is 13.0 Å². The van der Waals surface area contributed by atoms with Gasteiger partial charge in [0.15, 0.2) is 0 Å². The lowest BCUT2D eigenvalue weighted by Crippen LogP contribution is -2.49. The van der Waals surface area contributed by atoms with Crippen molar-refractivity contribution in [3.8, 4) is 0 Å². The summed E-state index contributed by atoms with van der Waals surface area (Å²) >= 11 is 0. The average molecular weight is 286 g/mol. The number of rotatable bonds is 3. The van der Waals surface area contributed by atoms with Gasteiger partial charge >= 0.3 is 7.12 Å². The summed E-state index contributed by atoms with van der Waals surface area (Å²) in [5, 5.41) is 18.9. The summed E-state index contributed by atoms with van der Waals surface area (Å²) in [4.78, 5) is 8.86. The maximum Gasteiger partial charge on any atom is 0.492 e. The molecule has 1 aromatic rings. The minimum atomic E-state index is -1.46. The van der Waals surface area contributed by atoms with Crippen LogP contribution in [0.2, 0.25) is 0 Å². The molecule has 0 spiro atoms. The number of hydrogen-bond donors (Lipinski definition) is 2. The number of aryl methyl sites for hydroxylation is 1. The third-order valence-electron chi connectivity index (χ3n) is 3.43. The topological polar surface area (TPSA) is 59.8 Å². The molecule has 2 N–H and O–H groups in total. The normalized spacial score (nSPS) is 16.1. The van der Waals surface area contributed by atoms with Crippen LogP contribution in [0, 0.1) is 6.92 Å². The van der Waals surface area contributed by atoms with Crippen molar-refractivity contribution in [3.63, 3.8) is 0 Å². The monoisotopic (exact) mass is 285 g/mol. The molecule has 1 fully saturated rings. The molecule has 0 unspecified atom stereocenters. The molecule has 1 aliphatic heterocycles. The first-order valence-electron chi connectivity index (χ1n) is 6.41. The first kappa shape index (κ1) is 16.2. The quantitative estimate of drug-likeness (QED) is 0.743. The lowest BCUT2D eigenvalue weighted by molar-refractivity contribution is 0.270. The van der Waals surface area contributed by atoms with E-state index in [0.717, 1.165) is 38.3 Å². The Hall–Kier alpha value is -0.815. The molecule has 0 bridgehead atoms. The molecule has 1 aliphatic rings. The van der Waals surface area contributed by atoms with Gasteiger partial charge in [-0.3, -0.25) is 0 Å². The van der Waals surface area contributed by atoms with Crippen LogP contribution in [0.5, 0.6) is 0 Å². The van der Waals surface area contributed by atoms with Crippen molar-refractivity contribution in [3.05, 3.63) is 17.8 Å². The molecule has 0 aromatic carbocycles. The smallest absolute Gasteiger partial charge is 0.423 e. The van der Waals surface area contributed by atoms with Gasteiger partial charge in [-0.15, -0.1) is 12.4 Å². The van der Waals surface area contributed by atoms with Gasteiger partial charge in [0.05, 0.1) is 0 Å². The number of hydrogen-bond acceptors (Lipinski definition) is 5. The number of nitrogens with zero attached hydrogens (tertiary/aromatic N) is 3. The molecule has 19 heavy (non-hydrogen) atoms. The van der Waals surface area contributed by atoms with Gasteiger partial charge in [0.25, 0.3) is 0 Å². The van der Waals surface area contributed by atoms with E-state index in [9.17, 15) is 10.0 Å². The standard InChI is InChI=1S/C12H20BN3O2.ClH/c1-3-15-4-6-16(7-5-15)12-11(13(17)18)8-10(2)9-14-12;/h8-9,17-18H,3-7H2,1-2H3;1H.